The van der Waals surface area contributed by atoms with E-state index in [9.17, 15) is 4.79 Å². The number of carbonyl (C=O) groups excluding carboxylic acids is 1. The molecule has 2 unspecified atom stereocenters. The van der Waals surface area contributed by atoms with Gasteiger partial charge in [0.1, 0.15) is 11.6 Å². The zero-order valence-electron chi connectivity index (χ0n) is 12.8. The Hall–Kier alpha value is -2.31. The maximum absolute atomic E-state index is 13.0. The summed E-state index contributed by atoms with van der Waals surface area (Å²) >= 11 is 0. The fraction of sp³-hybridized carbons (Fsp3) is 0.562. The molecule has 0 saturated heterocycles. The van der Waals surface area contributed by atoms with Crippen LogP contribution in [-0.4, -0.2) is 17.9 Å². The smallest absolute Gasteiger partial charge is 0.168 e. The number of rotatable bonds is 4. The van der Waals surface area contributed by atoms with Crippen molar-refractivity contribution in [1.82, 2.24) is 0 Å². The molecule has 1 spiro atoms. The number of ketones is 1. The van der Waals surface area contributed by atoms with Crippen LogP contribution in [0.5, 0.6) is 0 Å². The summed E-state index contributed by atoms with van der Waals surface area (Å²) in [5.41, 5.74) is 21.6. The molecule has 0 aromatic heterocycles. The zero-order chi connectivity index (χ0) is 16.5. The van der Waals surface area contributed by atoms with E-state index in [1.165, 1.54) is 0 Å². The summed E-state index contributed by atoms with van der Waals surface area (Å²) in [6, 6.07) is 8.69. The van der Waals surface area contributed by atoms with Gasteiger partial charge in [0, 0.05) is 6.42 Å². The van der Waals surface area contributed by atoms with Gasteiger partial charge in [-0.15, -0.1) is 0 Å². The molecule has 2 aliphatic carbocycles. The van der Waals surface area contributed by atoms with Crippen molar-refractivity contribution in [3.63, 3.8) is 0 Å². The van der Waals surface area contributed by atoms with Gasteiger partial charge in [0.25, 0.3) is 0 Å². The monoisotopic (exact) mass is 312 g/mol. The number of nitrogens with zero attached hydrogens (tertiary/aromatic N) is 3. The number of Topliss-reactive ketones (excluding diaryl/α,β-unsaturated/α-hetero) is 1. The van der Waals surface area contributed by atoms with Crippen molar-refractivity contribution in [2.45, 2.75) is 49.7 Å². The second-order valence-corrected chi connectivity index (χ2v) is 6.49. The first-order chi connectivity index (χ1) is 11.1. The van der Waals surface area contributed by atoms with Gasteiger partial charge in [-0.05, 0) is 31.2 Å². The maximum atomic E-state index is 13.0. The lowest BCUT2D eigenvalue weighted by molar-refractivity contribution is -0.131. The molecule has 2 aliphatic rings. The van der Waals surface area contributed by atoms with Crippen LogP contribution in [0.3, 0.4) is 0 Å². The molecule has 2 fully saturated rings. The van der Waals surface area contributed by atoms with Gasteiger partial charge in [-0.1, -0.05) is 30.3 Å². The average Bonchev–Trinajstić information content (AvgIpc) is 2.86. The second kappa shape index (κ2) is 5.72. The molecule has 0 amide bonds. The van der Waals surface area contributed by atoms with Gasteiger partial charge in [0.15, 0.2) is 5.78 Å². The standard InChI is InChI=1S/C16H20N6O/c17-20-12-6-8-15(9-7-12)14(23)13(21-18)10-16(15,22-19)11-4-2-1-3-5-11/h1-5,12-13,17-19H,6-10H2. The highest BCUT2D eigenvalue weighted by atomic mass is 16.1. The van der Waals surface area contributed by atoms with Crippen molar-refractivity contribution >= 4 is 5.78 Å². The van der Waals surface area contributed by atoms with Crippen LogP contribution < -0.4 is 0 Å². The summed E-state index contributed by atoms with van der Waals surface area (Å²) in [5, 5.41) is 11.1. The summed E-state index contributed by atoms with van der Waals surface area (Å²) in [6.45, 7) is 0. The molecule has 0 aliphatic heterocycles. The molecule has 2 atom stereocenters. The normalized spacial score (nSPS) is 36.8. The topological polar surface area (TPSA) is 126 Å². The molecule has 2 saturated carbocycles. The van der Waals surface area contributed by atoms with Gasteiger partial charge < -0.3 is 0 Å². The van der Waals surface area contributed by atoms with Crippen LogP contribution in [0.15, 0.2) is 45.7 Å². The van der Waals surface area contributed by atoms with E-state index in [2.05, 4.69) is 15.3 Å². The maximum Gasteiger partial charge on any atom is 0.168 e. The van der Waals surface area contributed by atoms with Crippen molar-refractivity contribution in [3.8, 4) is 0 Å². The predicted octanol–water partition coefficient (Wildman–Crippen LogP) is 4.25. The number of nitrogens with one attached hydrogen (secondary N) is 3. The highest BCUT2D eigenvalue weighted by Gasteiger charge is 2.66. The number of hydrogen-bond acceptors (Lipinski definition) is 7. The minimum atomic E-state index is -0.951. The molecule has 120 valence electrons. The first-order valence-corrected chi connectivity index (χ1v) is 7.85. The Kier molecular flexibility index (Phi) is 3.87. The van der Waals surface area contributed by atoms with E-state index in [1.807, 2.05) is 30.3 Å². The van der Waals surface area contributed by atoms with Crippen molar-refractivity contribution in [2.24, 2.45) is 20.8 Å². The Balaban J connectivity index is 2.12. The van der Waals surface area contributed by atoms with Gasteiger partial charge in [0.2, 0.25) is 0 Å². The SMILES string of the molecule is N=NC1CCC2(CC1)C(=O)C(N=N)CC2(N=N)c1ccccc1. The summed E-state index contributed by atoms with van der Waals surface area (Å²) in [7, 11) is 0. The Morgan fingerprint density at radius 2 is 1.65 bits per heavy atom. The first kappa shape index (κ1) is 15.6. The summed E-state index contributed by atoms with van der Waals surface area (Å²) in [5.74, 6) is -0.0733. The van der Waals surface area contributed by atoms with E-state index in [4.69, 9.17) is 16.6 Å². The van der Waals surface area contributed by atoms with Gasteiger partial charge in [0.05, 0.1) is 11.5 Å². The van der Waals surface area contributed by atoms with Crippen molar-refractivity contribution in [1.29, 1.82) is 16.6 Å². The van der Waals surface area contributed by atoms with Gasteiger partial charge in [-0.2, -0.15) is 15.3 Å². The highest BCUT2D eigenvalue weighted by molar-refractivity contribution is 5.94. The highest BCUT2D eigenvalue weighted by Crippen LogP contribution is 2.60. The summed E-state index contributed by atoms with van der Waals surface area (Å²) in [4.78, 5) is 13.0. The lowest BCUT2D eigenvalue weighted by Gasteiger charge is -2.44. The van der Waals surface area contributed by atoms with Crippen LogP contribution in [-0.2, 0) is 10.3 Å². The van der Waals surface area contributed by atoms with Crippen LogP contribution >= 0.6 is 0 Å². The Morgan fingerprint density at radius 1 is 1.00 bits per heavy atom. The molecule has 0 heterocycles. The average molecular weight is 312 g/mol. The molecule has 1 aromatic carbocycles. The number of benzene rings is 1. The largest absolute Gasteiger partial charge is 0.296 e. The molecule has 3 rings (SSSR count). The zero-order valence-corrected chi connectivity index (χ0v) is 12.8. The van der Waals surface area contributed by atoms with Crippen LogP contribution in [0.25, 0.3) is 0 Å². The second-order valence-electron chi connectivity index (χ2n) is 6.49. The minimum Gasteiger partial charge on any atom is -0.296 e. The molecule has 7 nitrogen and oxygen atoms in total. The van der Waals surface area contributed by atoms with Crippen LogP contribution in [0.4, 0.5) is 0 Å². The fourth-order valence-corrected chi connectivity index (χ4v) is 4.40. The molecule has 1 aromatic rings. The number of hydrogen-bond donors (Lipinski definition) is 3. The lowest BCUT2D eigenvalue weighted by atomic mass is 9.60. The van der Waals surface area contributed by atoms with E-state index in [0.717, 1.165) is 5.56 Å². The van der Waals surface area contributed by atoms with E-state index >= 15 is 0 Å². The first-order valence-electron chi connectivity index (χ1n) is 7.85. The van der Waals surface area contributed by atoms with E-state index in [1.54, 1.807) is 0 Å². The third kappa shape index (κ3) is 2.06. The van der Waals surface area contributed by atoms with Crippen LogP contribution in [0, 0.1) is 22.0 Å². The Bertz CT molecular complexity index is 637. The molecule has 0 bridgehead atoms. The summed E-state index contributed by atoms with van der Waals surface area (Å²) < 4.78 is 0. The van der Waals surface area contributed by atoms with E-state index in [0.29, 0.717) is 25.7 Å². The van der Waals surface area contributed by atoms with Crippen molar-refractivity contribution in [3.05, 3.63) is 35.9 Å². The predicted molar refractivity (Wildman–Crippen MR) is 81.7 cm³/mol. The Morgan fingerprint density at radius 3 is 2.17 bits per heavy atom. The van der Waals surface area contributed by atoms with Crippen LogP contribution in [0.2, 0.25) is 0 Å². The van der Waals surface area contributed by atoms with Gasteiger partial charge >= 0.3 is 0 Å². The lowest BCUT2D eigenvalue weighted by Crippen LogP contribution is -2.47. The molecule has 3 N–H and O–H groups in total. The molecular formula is C16H20N6O. The van der Waals surface area contributed by atoms with E-state index in [-0.39, 0.29) is 18.2 Å². The Labute approximate surface area is 134 Å². The molecule has 0 radical (unpaired) electrons. The fourth-order valence-electron chi connectivity index (χ4n) is 4.40. The van der Waals surface area contributed by atoms with Gasteiger partial charge in [-0.3, -0.25) is 4.79 Å². The van der Waals surface area contributed by atoms with Crippen molar-refractivity contribution in [2.75, 3.05) is 0 Å². The molecule has 7 heteroatoms. The van der Waals surface area contributed by atoms with Crippen LogP contribution in [0.1, 0.15) is 37.7 Å². The summed E-state index contributed by atoms with van der Waals surface area (Å²) in [6.07, 6.45) is 2.66. The minimum absolute atomic E-state index is 0.0559. The van der Waals surface area contributed by atoms with E-state index < -0.39 is 17.0 Å². The van der Waals surface area contributed by atoms with Gasteiger partial charge in [-0.25, -0.2) is 16.6 Å². The number of carbonyl (C=O) groups is 1. The third-order valence-electron chi connectivity index (χ3n) is 5.64. The van der Waals surface area contributed by atoms with Crippen molar-refractivity contribution < 1.29 is 4.79 Å². The third-order valence-corrected chi connectivity index (χ3v) is 5.64. The quantitative estimate of drug-likeness (QED) is 0.706. The molecule has 23 heavy (non-hydrogen) atoms. The molecular weight excluding hydrogens is 292 g/mol.